The molecule has 0 radical (unpaired) electrons. The normalized spacial score (nSPS) is 16.7. The fourth-order valence-corrected chi connectivity index (χ4v) is 4.39. The number of aliphatic imine (C=N–C) groups is 1. The van der Waals surface area contributed by atoms with Gasteiger partial charge in [0.2, 0.25) is 0 Å². The van der Waals surface area contributed by atoms with Crippen molar-refractivity contribution in [2.45, 2.75) is 25.4 Å². The van der Waals surface area contributed by atoms with E-state index in [1.807, 2.05) is 40.1 Å². The summed E-state index contributed by atoms with van der Waals surface area (Å²) in [4.78, 5) is 8.34. The number of thiophene rings is 1. The molecule has 7 nitrogen and oxygen atoms in total. The van der Waals surface area contributed by atoms with Crippen LogP contribution in [0.5, 0.6) is 0 Å². The first kappa shape index (κ1) is 17.9. The maximum atomic E-state index is 4.37. The Hall–Kier alpha value is -2.45. The predicted molar refractivity (Wildman–Crippen MR) is 109 cm³/mol. The lowest BCUT2D eigenvalue weighted by atomic mass is 10.2. The maximum absolute atomic E-state index is 4.37. The third kappa shape index (κ3) is 4.12. The third-order valence-corrected chi connectivity index (χ3v) is 5.91. The first-order valence-electron chi connectivity index (χ1n) is 9.36. The summed E-state index contributed by atoms with van der Waals surface area (Å²) in [5.41, 5.74) is 0.851. The number of nitrogens with zero attached hydrogens (tertiary/aromatic N) is 5. The van der Waals surface area contributed by atoms with Crippen LogP contribution in [0.15, 0.2) is 46.9 Å². The Morgan fingerprint density at radius 2 is 2.07 bits per heavy atom. The Morgan fingerprint density at radius 1 is 1.19 bits per heavy atom. The van der Waals surface area contributed by atoms with Crippen molar-refractivity contribution in [3.8, 4) is 0 Å². The highest BCUT2D eigenvalue weighted by atomic mass is 32.1. The fraction of sp³-hybridized carbons (Fsp3) is 0.421. The monoisotopic (exact) mass is 383 g/mol. The van der Waals surface area contributed by atoms with Crippen LogP contribution in [0.4, 0.5) is 0 Å². The standard InChI is InChI=1S/C19H25N7S/c1-20-19(22-14-18-24-23-17-8-2-3-11-26(17)18)21-13-15(16-7-6-12-27-16)25-9-4-5-10-25/h2-3,6-8,11-12,15H,4-5,9-10,13-14H2,1H3,(H2,20,21,22). The molecule has 0 spiro atoms. The van der Waals surface area contributed by atoms with Gasteiger partial charge in [-0.3, -0.25) is 14.3 Å². The fourth-order valence-electron chi connectivity index (χ4n) is 3.53. The van der Waals surface area contributed by atoms with Crippen LogP contribution >= 0.6 is 11.3 Å². The average molecular weight is 384 g/mol. The molecular weight excluding hydrogens is 358 g/mol. The van der Waals surface area contributed by atoms with E-state index in [0.717, 1.165) is 24.0 Å². The van der Waals surface area contributed by atoms with Crippen LogP contribution in [-0.4, -0.2) is 52.1 Å². The Kier molecular flexibility index (Phi) is 5.64. The summed E-state index contributed by atoms with van der Waals surface area (Å²) < 4.78 is 1.99. The van der Waals surface area contributed by atoms with E-state index in [0.29, 0.717) is 12.6 Å². The van der Waals surface area contributed by atoms with Crippen LogP contribution in [0.1, 0.15) is 29.6 Å². The summed E-state index contributed by atoms with van der Waals surface area (Å²) in [6.45, 7) is 3.74. The molecule has 1 aliphatic rings. The van der Waals surface area contributed by atoms with E-state index in [4.69, 9.17) is 0 Å². The van der Waals surface area contributed by atoms with E-state index in [1.54, 1.807) is 7.05 Å². The minimum atomic E-state index is 0.389. The van der Waals surface area contributed by atoms with Crippen molar-refractivity contribution in [2.75, 3.05) is 26.7 Å². The van der Waals surface area contributed by atoms with Gasteiger partial charge in [0.15, 0.2) is 17.4 Å². The number of pyridine rings is 1. The van der Waals surface area contributed by atoms with Gasteiger partial charge in [0.05, 0.1) is 12.6 Å². The molecule has 0 amide bonds. The van der Waals surface area contributed by atoms with Crippen molar-refractivity contribution in [1.29, 1.82) is 0 Å². The van der Waals surface area contributed by atoms with Crippen molar-refractivity contribution in [3.63, 3.8) is 0 Å². The topological polar surface area (TPSA) is 69.8 Å². The lowest BCUT2D eigenvalue weighted by Gasteiger charge is -2.27. The zero-order chi connectivity index (χ0) is 18.5. The van der Waals surface area contributed by atoms with Crippen molar-refractivity contribution in [3.05, 3.63) is 52.6 Å². The molecular formula is C19H25N7S. The van der Waals surface area contributed by atoms with E-state index in [2.05, 4.69) is 48.2 Å². The highest BCUT2D eigenvalue weighted by molar-refractivity contribution is 7.10. The van der Waals surface area contributed by atoms with Gasteiger partial charge in [-0.05, 0) is 49.5 Å². The van der Waals surface area contributed by atoms with Crippen LogP contribution in [0.2, 0.25) is 0 Å². The summed E-state index contributed by atoms with van der Waals surface area (Å²) >= 11 is 1.83. The molecule has 0 bridgehead atoms. The molecule has 3 aromatic heterocycles. The highest BCUT2D eigenvalue weighted by Crippen LogP contribution is 2.27. The predicted octanol–water partition coefficient (Wildman–Crippen LogP) is 2.29. The molecule has 1 fully saturated rings. The number of fused-ring (bicyclic) bond motifs is 1. The zero-order valence-electron chi connectivity index (χ0n) is 15.5. The van der Waals surface area contributed by atoms with Crippen LogP contribution in [0, 0.1) is 0 Å². The Morgan fingerprint density at radius 3 is 2.85 bits per heavy atom. The van der Waals surface area contributed by atoms with E-state index in [9.17, 15) is 0 Å². The van der Waals surface area contributed by atoms with Crippen molar-refractivity contribution in [2.24, 2.45) is 4.99 Å². The van der Waals surface area contributed by atoms with Gasteiger partial charge in [-0.2, -0.15) is 0 Å². The highest BCUT2D eigenvalue weighted by Gasteiger charge is 2.24. The molecule has 4 rings (SSSR count). The lowest BCUT2D eigenvalue weighted by molar-refractivity contribution is 0.249. The minimum absolute atomic E-state index is 0.389. The molecule has 2 N–H and O–H groups in total. The SMILES string of the molecule is CN=C(NCc1nnc2ccccn12)NCC(c1cccs1)N1CCCC1. The molecule has 4 heterocycles. The van der Waals surface area contributed by atoms with Gasteiger partial charge in [-0.15, -0.1) is 21.5 Å². The van der Waals surface area contributed by atoms with Gasteiger partial charge in [-0.25, -0.2) is 0 Å². The molecule has 0 saturated carbocycles. The largest absolute Gasteiger partial charge is 0.354 e. The van der Waals surface area contributed by atoms with Crippen molar-refractivity contribution >= 4 is 22.9 Å². The van der Waals surface area contributed by atoms with E-state index in [1.165, 1.54) is 30.8 Å². The second kappa shape index (κ2) is 8.49. The minimum Gasteiger partial charge on any atom is -0.354 e. The summed E-state index contributed by atoms with van der Waals surface area (Å²) in [7, 11) is 1.80. The quantitative estimate of drug-likeness (QED) is 0.505. The van der Waals surface area contributed by atoms with Gasteiger partial charge in [0, 0.05) is 24.7 Å². The van der Waals surface area contributed by atoms with Gasteiger partial charge < -0.3 is 10.6 Å². The number of likely N-dealkylation sites (tertiary alicyclic amines) is 1. The van der Waals surface area contributed by atoms with E-state index >= 15 is 0 Å². The summed E-state index contributed by atoms with van der Waals surface area (Å²) in [5, 5.41) is 17.5. The van der Waals surface area contributed by atoms with E-state index in [-0.39, 0.29) is 0 Å². The van der Waals surface area contributed by atoms with Crippen LogP contribution in [-0.2, 0) is 6.54 Å². The third-order valence-electron chi connectivity index (χ3n) is 4.94. The Balaban J connectivity index is 1.38. The number of rotatable bonds is 6. The molecule has 0 aromatic carbocycles. The molecule has 3 aromatic rings. The van der Waals surface area contributed by atoms with Gasteiger partial charge >= 0.3 is 0 Å². The van der Waals surface area contributed by atoms with Crippen molar-refractivity contribution in [1.82, 2.24) is 30.1 Å². The molecule has 1 atom stereocenters. The summed E-state index contributed by atoms with van der Waals surface area (Å²) in [5.74, 6) is 1.64. The molecule has 142 valence electrons. The molecule has 8 heteroatoms. The smallest absolute Gasteiger partial charge is 0.191 e. The Labute approximate surface area is 163 Å². The lowest BCUT2D eigenvalue weighted by Crippen LogP contribution is -2.42. The van der Waals surface area contributed by atoms with Crippen LogP contribution in [0.25, 0.3) is 5.65 Å². The average Bonchev–Trinajstić information content (AvgIpc) is 3.47. The van der Waals surface area contributed by atoms with Gasteiger partial charge in [-0.1, -0.05) is 12.1 Å². The van der Waals surface area contributed by atoms with Crippen LogP contribution in [0.3, 0.4) is 0 Å². The molecule has 1 aliphatic heterocycles. The molecule has 1 unspecified atom stereocenters. The molecule has 1 saturated heterocycles. The summed E-state index contributed by atoms with van der Waals surface area (Å²) in [6.07, 6.45) is 4.55. The second-order valence-corrected chi connectivity index (χ2v) is 7.61. The maximum Gasteiger partial charge on any atom is 0.191 e. The van der Waals surface area contributed by atoms with E-state index < -0.39 is 0 Å². The first-order valence-corrected chi connectivity index (χ1v) is 10.2. The summed E-state index contributed by atoms with van der Waals surface area (Å²) in [6, 6.07) is 10.6. The Bertz CT molecular complexity index is 881. The molecule has 0 aliphatic carbocycles. The van der Waals surface area contributed by atoms with Crippen LogP contribution < -0.4 is 10.6 Å². The van der Waals surface area contributed by atoms with Gasteiger partial charge in [0.1, 0.15) is 0 Å². The first-order chi connectivity index (χ1) is 13.3. The zero-order valence-corrected chi connectivity index (χ0v) is 16.3. The second-order valence-electron chi connectivity index (χ2n) is 6.63. The number of aromatic nitrogens is 3. The van der Waals surface area contributed by atoms with Crippen molar-refractivity contribution < 1.29 is 0 Å². The molecule has 27 heavy (non-hydrogen) atoms. The van der Waals surface area contributed by atoms with Gasteiger partial charge in [0.25, 0.3) is 0 Å². The number of hydrogen-bond acceptors (Lipinski definition) is 5. The number of guanidine groups is 1. The number of hydrogen-bond donors (Lipinski definition) is 2. The number of nitrogens with one attached hydrogen (secondary N) is 2.